The predicted molar refractivity (Wildman–Crippen MR) is 81.6 cm³/mol. The molecule has 0 aliphatic carbocycles. The van der Waals surface area contributed by atoms with Gasteiger partial charge in [0, 0.05) is 26.1 Å². The first-order chi connectivity index (χ1) is 10.6. The number of nitrogens with zero attached hydrogens (tertiary/aromatic N) is 1. The van der Waals surface area contributed by atoms with Gasteiger partial charge in [-0.25, -0.2) is 4.79 Å². The predicted octanol–water partition coefficient (Wildman–Crippen LogP) is 0.959. The van der Waals surface area contributed by atoms with Crippen LogP contribution < -0.4 is 5.32 Å². The van der Waals surface area contributed by atoms with Crippen LogP contribution in [0, 0.1) is 6.92 Å². The Morgan fingerprint density at radius 1 is 1.36 bits per heavy atom. The molecule has 1 saturated heterocycles. The number of morpholine rings is 1. The summed E-state index contributed by atoms with van der Waals surface area (Å²) in [6, 6.07) is 6.18. The highest BCUT2D eigenvalue weighted by molar-refractivity contribution is 5.84. The summed E-state index contributed by atoms with van der Waals surface area (Å²) in [5, 5.41) is 11.9. The normalized spacial score (nSPS) is 17.0. The number of ether oxygens (including phenoxy) is 1. The Labute approximate surface area is 130 Å². The first kappa shape index (κ1) is 16.5. The van der Waals surface area contributed by atoms with Crippen molar-refractivity contribution >= 4 is 11.9 Å². The third kappa shape index (κ3) is 4.82. The number of hydrogen-bond donors (Lipinski definition) is 2. The Morgan fingerprint density at radius 3 is 2.73 bits per heavy atom. The average Bonchev–Trinajstić information content (AvgIpc) is 2.51. The van der Waals surface area contributed by atoms with Gasteiger partial charge >= 0.3 is 5.97 Å². The number of carboxylic acid groups (broad SMARTS) is 1. The molecule has 1 fully saturated rings. The Bertz CT molecular complexity index is 527. The summed E-state index contributed by atoms with van der Waals surface area (Å²) in [6.07, 6.45) is 0.287. The van der Waals surface area contributed by atoms with Gasteiger partial charge in [-0.2, -0.15) is 0 Å². The van der Waals surface area contributed by atoms with Gasteiger partial charge in [0.25, 0.3) is 0 Å². The maximum Gasteiger partial charge on any atom is 0.330 e. The monoisotopic (exact) mass is 306 g/mol. The van der Waals surface area contributed by atoms with E-state index in [9.17, 15) is 14.7 Å². The molecule has 2 N–H and O–H groups in total. The molecule has 2 rings (SSSR count). The van der Waals surface area contributed by atoms with Gasteiger partial charge in [0.2, 0.25) is 5.91 Å². The van der Waals surface area contributed by atoms with Gasteiger partial charge in [-0.15, -0.1) is 0 Å². The lowest BCUT2D eigenvalue weighted by Gasteiger charge is -2.26. The van der Waals surface area contributed by atoms with Gasteiger partial charge < -0.3 is 15.2 Å². The van der Waals surface area contributed by atoms with E-state index >= 15 is 0 Å². The van der Waals surface area contributed by atoms with Crippen LogP contribution in [0.2, 0.25) is 0 Å². The lowest BCUT2D eigenvalue weighted by Crippen LogP contribution is -2.40. The molecule has 0 saturated carbocycles. The maximum absolute atomic E-state index is 12.0. The van der Waals surface area contributed by atoms with Crippen LogP contribution in [0.1, 0.15) is 23.6 Å². The summed E-state index contributed by atoms with van der Waals surface area (Å²) in [5.74, 6) is -1.30. The van der Waals surface area contributed by atoms with Crippen LogP contribution in [-0.4, -0.2) is 54.7 Å². The standard InChI is InChI=1S/C16H22N2O4/c1-12-3-2-4-13(11-12)15(16(20)21)17-14(19)5-6-18-7-9-22-10-8-18/h2-4,11,15H,5-10H2,1H3,(H,17,19)(H,20,21)/t15-/m1/s1. The molecule has 1 atom stereocenters. The molecule has 1 heterocycles. The van der Waals surface area contributed by atoms with E-state index in [4.69, 9.17) is 4.74 Å². The summed E-state index contributed by atoms with van der Waals surface area (Å²) >= 11 is 0. The molecule has 6 heteroatoms. The summed E-state index contributed by atoms with van der Waals surface area (Å²) < 4.78 is 5.25. The van der Waals surface area contributed by atoms with Gasteiger partial charge in [-0.05, 0) is 12.5 Å². The molecule has 120 valence electrons. The molecule has 0 bridgehead atoms. The van der Waals surface area contributed by atoms with Crippen molar-refractivity contribution in [2.45, 2.75) is 19.4 Å². The SMILES string of the molecule is Cc1cccc([C@@H](NC(=O)CCN2CCOCC2)C(=O)O)c1. The molecule has 1 amide bonds. The number of aliphatic carboxylic acids is 1. The third-order valence-corrected chi connectivity index (χ3v) is 3.69. The molecule has 1 aliphatic rings. The largest absolute Gasteiger partial charge is 0.479 e. The molecular weight excluding hydrogens is 284 g/mol. The number of rotatable bonds is 6. The van der Waals surface area contributed by atoms with E-state index in [2.05, 4.69) is 10.2 Å². The molecule has 6 nitrogen and oxygen atoms in total. The van der Waals surface area contributed by atoms with E-state index in [1.165, 1.54) is 0 Å². The minimum absolute atomic E-state index is 0.250. The first-order valence-corrected chi connectivity index (χ1v) is 7.45. The zero-order valence-electron chi connectivity index (χ0n) is 12.7. The number of benzene rings is 1. The highest BCUT2D eigenvalue weighted by Gasteiger charge is 2.22. The zero-order chi connectivity index (χ0) is 15.9. The minimum atomic E-state index is -1.05. The topological polar surface area (TPSA) is 78.9 Å². The van der Waals surface area contributed by atoms with Crippen LogP contribution in [0.15, 0.2) is 24.3 Å². The zero-order valence-corrected chi connectivity index (χ0v) is 12.7. The lowest BCUT2D eigenvalue weighted by atomic mass is 10.0. The minimum Gasteiger partial charge on any atom is -0.479 e. The fraction of sp³-hybridized carbons (Fsp3) is 0.500. The van der Waals surface area contributed by atoms with Crippen molar-refractivity contribution in [3.8, 4) is 0 Å². The summed E-state index contributed by atoms with van der Waals surface area (Å²) in [4.78, 5) is 25.6. The van der Waals surface area contributed by atoms with Crippen molar-refractivity contribution in [1.82, 2.24) is 10.2 Å². The second-order valence-electron chi connectivity index (χ2n) is 5.46. The van der Waals surface area contributed by atoms with Gasteiger partial charge in [0.05, 0.1) is 13.2 Å². The molecule has 22 heavy (non-hydrogen) atoms. The average molecular weight is 306 g/mol. The third-order valence-electron chi connectivity index (χ3n) is 3.69. The van der Waals surface area contributed by atoms with Crippen LogP contribution in [0.3, 0.4) is 0 Å². The molecule has 0 radical (unpaired) electrons. The van der Waals surface area contributed by atoms with Crippen molar-refractivity contribution in [2.24, 2.45) is 0 Å². The van der Waals surface area contributed by atoms with E-state index in [1.54, 1.807) is 18.2 Å². The molecule has 1 aliphatic heterocycles. The second-order valence-corrected chi connectivity index (χ2v) is 5.46. The van der Waals surface area contributed by atoms with Crippen LogP contribution >= 0.6 is 0 Å². The highest BCUT2D eigenvalue weighted by atomic mass is 16.5. The van der Waals surface area contributed by atoms with E-state index in [1.807, 2.05) is 13.0 Å². The van der Waals surface area contributed by atoms with Crippen LogP contribution in [0.5, 0.6) is 0 Å². The van der Waals surface area contributed by atoms with E-state index in [0.29, 0.717) is 25.3 Å². The van der Waals surface area contributed by atoms with Gasteiger partial charge in [-0.3, -0.25) is 9.69 Å². The highest BCUT2D eigenvalue weighted by Crippen LogP contribution is 2.15. The molecule has 0 spiro atoms. The van der Waals surface area contributed by atoms with Crippen LogP contribution in [0.25, 0.3) is 0 Å². The Morgan fingerprint density at radius 2 is 2.09 bits per heavy atom. The summed E-state index contributed by atoms with van der Waals surface area (Å²) in [5.41, 5.74) is 1.55. The van der Waals surface area contributed by atoms with Gasteiger partial charge in [0.1, 0.15) is 0 Å². The van der Waals surface area contributed by atoms with Crippen molar-refractivity contribution < 1.29 is 19.4 Å². The number of carboxylic acids is 1. The van der Waals surface area contributed by atoms with Crippen molar-refractivity contribution in [3.63, 3.8) is 0 Å². The smallest absolute Gasteiger partial charge is 0.330 e. The first-order valence-electron chi connectivity index (χ1n) is 7.45. The van der Waals surface area contributed by atoms with Crippen molar-refractivity contribution in [2.75, 3.05) is 32.8 Å². The molecule has 0 unspecified atom stereocenters. The fourth-order valence-electron chi connectivity index (χ4n) is 2.45. The van der Waals surface area contributed by atoms with Crippen LogP contribution in [0.4, 0.5) is 0 Å². The number of nitrogens with one attached hydrogen (secondary N) is 1. The van der Waals surface area contributed by atoms with Crippen molar-refractivity contribution in [1.29, 1.82) is 0 Å². The fourth-order valence-corrected chi connectivity index (χ4v) is 2.45. The second kappa shape index (κ2) is 7.91. The van der Waals surface area contributed by atoms with E-state index in [-0.39, 0.29) is 12.3 Å². The van der Waals surface area contributed by atoms with E-state index in [0.717, 1.165) is 18.7 Å². The summed E-state index contributed by atoms with van der Waals surface area (Å²) in [7, 11) is 0. The van der Waals surface area contributed by atoms with Crippen molar-refractivity contribution in [3.05, 3.63) is 35.4 Å². The molecule has 1 aromatic carbocycles. The number of carbonyl (C=O) groups is 2. The quantitative estimate of drug-likeness (QED) is 0.818. The lowest BCUT2D eigenvalue weighted by molar-refractivity contribution is -0.142. The number of carbonyl (C=O) groups excluding carboxylic acids is 1. The van der Waals surface area contributed by atoms with Gasteiger partial charge in [-0.1, -0.05) is 29.8 Å². The Kier molecular flexibility index (Phi) is 5.91. The molecule has 1 aromatic rings. The number of aryl methyl sites for hydroxylation is 1. The van der Waals surface area contributed by atoms with Gasteiger partial charge in [0.15, 0.2) is 6.04 Å². The number of hydrogen-bond acceptors (Lipinski definition) is 4. The Balaban J connectivity index is 1.90. The number of amides is 1. The maximum atomic E-state index is 12.0. The molecule has 0 aromatic heterocycles. The Hall–Kier alpha value is -1.92. The molecular formula is C16H22N2O4. The van der Waals surface area contributed by atoms with Crippen LogP contribution in [-0.2, 0) is 14.3 Å². The summed E-state index contributed by atoms with van der Waals surface area (Å²) in [6.45, 7) is 5.50. The van der Waals surface area contributed by atoms with E-state index < -0.39 is 12.0 Å².